The molecule has 0 rings (SSSR count). The summed E-state index contributed by atoms with van der Waals surface area (Å²) in [5.41, 5.74) is 0. The average Bonchev–Trinajstić information content (AvgIpc) is 2.52. The van der Waals surface area contributed by atoms with E-state index in [0.29, 0.717) is 12.5 Å². The summed E-state index contributed by atoms with van der Waals surface area (Å²) in [4.78, 5) is 26.8. The molecular formula is C16H31N3O4. The molecule has 1 unspecified atom stereocenters. The first kappa shape index (κ1) is 21.4. The molecule has 0 aliphatic rings. The second-order valence-electron chi connectivity index (χ2n) is 5.50. The third-order valence-corrected chi connectivity index (χ3v) is 3.17. The van der Waals surface area contributed by atoms with Gasteiger partial charge in [0.05, 0.1) is 12.8 Å². The molecule has 0 bridgehead atoms. The van der Waals surface area contributed by atoms with Crippen LogP contribution in [0.25, 0.3) is 0 Å². The van der Waals surface area contributed by atoms with E-state index in [-0.39, 0.29) is 25.0 Å². The summed E-state index contributed by atoms with van der Waals surface area (Å²) >= 11 is 0. The van der Waals surface area contributed by atoms with E-state index < -0.39 is 0 Å². The Hall–Kier alpha value is -1.63. The molecule has 0 aromatic rings. The highest BCUT2D eigenvalue weighted by Gasteiger charge is 2.01. The Morgan fingerprint density at radius 2 is 2.00 bits per heavy atom. The lowest BCUT2D eigenvalue weighted by Crippen LogP contribution is -2.28. The maximum absolute atomic E-state index is 11.4. The fraction of sp³-hybridized carbons (Fsp3) is 0.812. The molecule has 0 spiro atoms. The first-order valence-corrected chi connectivity index (χ1v) is 8.28. The smallest absolute Gasteiger partial charge is 0.260 e. The van der Waals surface area contributed by atoms with Gasteiger partial charge in [-0.25, -0.2) is 0 Å². The minimum absolute atomic E-state index is 0.116. The van der Waals surface area contributed by atoms with Crippen LogP contribution in [0.5, 0.6) is 0 Å². The lowest BCUT2D eigenvalue weighted by molar-refractivity contribution is -0.125. The first-order valence-electron chi connectivity index (χ1n) is 8.28. The van der Waals surface area contributed by atoms with Crippen molar-refractivity contribution in [1.82, 2.24) is 10.6 Å². The minimum Gasteiger partial charge on any atom is -0.386 e. The molecule has 7 nitrogen and oxygen atoms in total. The SMILES string of the molecule is CCC(C)COCCCCCNC(=O)CO/N=C/CNC(C)=O. The van der Waals surface area contributed by atoms with Gasteiger partial charge in [0.15, 0.2) is 6.61 Å². The van der Waals surface area contributed by atoms with Crippen LogP contribution in [0.1, 0.15) is 46.5 Å². The van der Waals surface area contributed by atoms with Crippen LogP contribution in [-0.2, 0) is 19.2 Å². The largest absolute Gasteiger partial charge is 0.386 e. The number of hydrogen-bond acceptors (Lipinski definition) is 5. The summed E-state index contributed by atoms with van der Waals surface area (Å²) in [6.07, 6.45) is 5.50. The van der Waals surface area contributed by atoms with E-state index in [1.165, 1.54) is 13.1 Å². The Bertz CT molecular complexity index is 348. The normalized spacial score (nSPS) is 12.1. The number of rotatable bonds is 14. The fourth-order valence-corrected chi connectivity index (χ4v) is 1.56. The van der Waals surface area contributed by atoms with Crippen LogP contribution < -0.4 is 10.6 Å². The van der Waals surface area contributed by atoms with Gasteiger partial charge in [-0.15, -0.1) is 0 Å². The Kier molecular flexibility index (Phi) is 14.2. The molecule has 0 aromatic heterocycles. The lowest BCUT2D eigenvalue weighted by atomic mass is 10.1. The second kappa shape index (κ2) is 15.3. The van der Waals surface area contributed by atoms with E-state index in [9.17, 15) is 9.59 Å². The van der Waals surface area contributed by atoms with Crippen LogP contribution in [0.3, 0.4) is 0 Å². The summed E-state index contributed by atoms with van der Waals surface area (Å²) in [6.45, 7) is 8.17. The van der Waals surface area contributed by atoms with Gasteiger partial charge in [0.25, 0.3) is 5.91 Å². The van der Waals surface area contributed by atoms with Crippen molar-refractivity contribution in [3.8, 4) is 0 Å². The summed E-state index contributed by atoms with van der Waals surface area (Å²) in [5.74, 6) is 0.282. The number of nitrogens with zero attached hydrogens (tertiary/aromatic N) is 1. The molecule has 7 heteroatoms. The number of amides is 2. The zero-order valence-corrected chi connectivity index (χ0v) is 14.6. The molecule has 0 aliphatic heterocycles. The zero-order valence-electron chi connectivity index (χ0n) is 14.6. The van der Waals surface area contributed by atoms with Crippen molar-refractivity contribution < 1.29 is 19.2 Å². The van der Waals surface area contributed by atoms with Gasteiger partial charge in [-0.3, -0.25) is 9.59 Å². The van der Waals surface area contributed by atoms with E-state index in [1.807, 2.05) is 0 Å². The molecule has 0 aliphatic carbocycles. The van der Waals surface area contributed by atoms with Gasteiger partial charge in [-0.05, 0) is 25.2 Å². The molecule has 0 heterocycles. The van der Waals surface area contributed by atoms with Crippen molar-refractivity contribution >= 4 is 18.0 Å². The number of nitrogens with one attached hydrogen (secondary N) is 2. The standard InChI is InChI=1S/C16H31N3O4/c1-4-14(2)12-22-11-7-5-6-8-18-16(21)13-23-19-10-9-17-15(3)20/h10,14H,4-9,11-13H2,1-3H3,(H,17,20)(H,18,21)/b19-10+. The molecule has 0 saturated carbocycles. The van der Waals surface area contributed by atoms with E-state index in [4.69, 9.17) is 9.57 Å². The third-order valence-electron chi connectivity index (χ3n) is 3.17. The Balaban J connectivity index is 3.32. The van der Waals surface area contributed by atoms with Gasteiger partial charge in [-0.1, -0.05) is 25.4 Å². The fourth-order valence-electron chi connectivity index (χ4n) is 1.56. The predicted octanol–water partition coefficient (Wildman–Crippen LogP) is 1.47. The Morgan fingerprint density at radius 1 is 1.22 bits per heavy atom. The van der Waals surface area contributed by atoms with Gasteiger partial charge >= 0.3 is 0 Å². The summed E-state index contributed by atoms with van der Waals surface area (Å²) in [5, 5.41) is 8.85. The molecule has 0 aromatic carbocycles. The molecule has 0 saturated heterocycles. The Labute approximate surface area is 139 Å². The zero-order chi connectivity index (χ0) is 17.3. The molecular weight excluding hydrogens is 298 g/mol. The third kappa shape index (κ3) is 16.6. The van der Waals surface area contributed by atoms with Crippen LogP contribution in [0.15, 0.2) is 5.16 Å². The molecule has 2 N–H and O–H groups in total. The van der Waals surface area contributed by atoms with Crippen molar-refractivity contribution in [2.75, 3.05) is 32.9 Å². The van der Waals surface area contributed by atoms with E-state index >= 15 is 0 Å². The van der Waals surface area contributed by atoms with Crippen molar-refractivity contribution in [3.05, 3.63) is 0 Å². The number of oxime groups is 1. The van der Waals surface area contributed by atoms with Crippen molar-refractivity contribution in [1.29, 1.82) is 0 Å². The van der Waals surface area contributed by atoms with Crippen LogP contribution in [-0.4, -0.2) is 50.9 Å². The van der Waals surface area contributed by atoms with E-state index in [2.05, 4.69) is 29.6 Å². The molecule has 134 valence electrons. The van der Waals surface area contributed by atoms with E-state index in [0.717, 1.165) is 38.9 Å². The van der Waals surface area contributed by atoms with Crippen molar-refractivity contribution in [2.24, 2.45) is 11.1 Å². The predicted molar refractivity (Wildman–Crippen MR) is 90.3 cm³/mol. The van der Waals surface area contributed by atoms with Crippen LogP contribution in [0.4, 0.5) is 0 Å². The topological polar surface area (TPSA) is 89.0 Å². The summed E-state index contributed by atoms with van der Waals surface area (Å²) < 4.78 is 5.56. The van der Waals surface area contributed by atoms with Gasteiger partial charge < -0.3 is 20.2 Å². The molecule has 0 fully saturated rings. The van der Waals surface area contributed by atoms with Crippen LogP contribution in [0, 0.1) is 5.92 Å². The van der Waals surface area contributed by atoms with Gasteiger partial charge in [0.2, 0.25) is 5.91 Å². The molecule has 23 heavy (non-hydrogen) atoms. The van der Waals surface area contributed by atoms with Crippen LogP contribution in [0.2, 0.25) is 0 Å². The highest BCUT2D eigenvalue weighted by atomic mass is 16.6. The first-order chi connectivity index (χ1) is 11.1. The van der Waals surface area contributed by atoms with Gasteiger partial charge in [0, 0.05) is 26.7 Å². The second-order valence-corrected chi connectivity index (χ2v) is 5.50. The van der Waals surface area contributed by atoms with E-state index in [1.54, 1.807) is 0 Å². The highest BCUT2D eigenvalue weighted by molar-refractivity contribution is 5.77. The number of ether oxygens (including phenoxy) is 1. The average molecular weight is 329 g/mol. The maximum Gasteiger partial charge on any atom is 0.260 e. The van der Waals surface area contributed by atoms with Crippen molar-refractivity contribution in [2.45, 2.75) is 46.5 Å². The quantitative estimate of drug-likeness (QED) is 0.287. The highest BCUT2D eigenvalue weighted by Crippen LogP contribution is 2.02. The lowest BCUT2D eigenvalue weighted by Gasteiger charge is -2.09. The number of unbranched alkanes of at least 4 members (excludes halogenated alkanes) is 2. The van der Waals surface area contributed by atoms with Crippen molar-refractivity contribution in [3.63, 3.8) is 0 Å². The van der Waals surface area contributed by atoms with Gasteiger partial charge in [-0.2, -0.15) is 0 Å². The Morgan fingerprint density at radius 3 is 2.70 bits per heavy atom. The van der Waals surface area contributed by atoms with Gasteiger partial charge in [0.1, 0.15) is 0 Å². The summed E-state index contributed by atoms with van der Waals surface area (Å²) in [7, 11) is 0. The molecule has 1 atom stereocenters. The summed E-state index contributed by atoms with van der Waals surface area (Å²) in [6, 6.07) is 0. The number of carbonyl (C=O) groups excluding carboxylic acids is 2. The molecule has 2 amide bonds. The monoisotopic (exact) mass is 329 g/mol. The van der Waals surface area contributed by atoms with Crippen LogP contribution >= 0.6 is 0 Å². The molecule has 0 radical (unpaired) electrons. The number of hydrogen-bond donors (Lipinski definition) is 2. The maximum atomic E-state index is 11.4. The number of carbonyl (C=O) groups is 2. The minimum atomic E-state index is -0.199.